The van der Waals surface area contributed by atoms with Crippen LogP contribution in [0, 0.1) is 0 Å². The second kappa shape index (κ2) is 9.29. The van der Waals surface area contributed by atoms with Crippen molar-refractivity contribution in [2.45, 2.75) is 26.2 Å². The fourth-order valence-corrected chi connectivity index (χ4v) is 3.27. The zero-order chi connectivity index (χ0) is 19.9. The first kappa shape index (κ1) is 19.8. The van der Waals surface area contributed by atoms with Gasteiger partial charge in [-0.3, -0.25) is 0 Å². The molecule has 0 amide bonds. The van der Waals surface area contributed by atoms with E-state index in [-0.39, 0.29) is 5.76 Å². The fraction of sp³-hybridized carbons (Fsp3) is 0.167. The van der Waals surface area contributed by atoms with Gasteiger partial charge in [0.05, 0.1) is 0 Å². The molecule has 4 heteroatoms. The van der Waals surface area contributed by atoms with E-state index in [1.54, 1.807) is 0 Å². The van der Waals surface area contributed by atoms with Crippen molar-refractivity contribution in [1.82, 2.24) is 0 Å². The Kier molecular flexibility index (Phi) is 6.56. The quantitative estimate of drug-likeness (QED) is 0.242. The van der Waals surface area contributed by atoms with Crippen molar-refractivity contribution in [3.8, 4) is 0 Å². The number of pyridine rings is 1. The molecule has 0 unspecified atom stereocenters. The molecule has 3 rings (SSSR count). The Bertz CT molecular complexity index is 951. The monoisotopic (exact) mass is 389 g/mol. The van der Waals surface area contributed by atoms with Crippen LogP contribution in [0.2, 0.25) is 0 Å². The summed E-state index contributed by atoms with van der Waals surface area (Å²) in [6.45, 7) is 4.38. The highest BCUT2D eigenvalue weighted by Gasteiger charge is 2.23. The van der Waals surface area contributed by atoms with Gasteiger partial charge in [-0.25, -0.2) is 0 Å². The number of benzene rings is 2. The standard InChI is InChI=1S/C24H24N2OS/c1-3-18(2)19-12-14-20(15-13-19)23(27)22(26-16-8-5-9-17-26)24(28)25-21-10-6-4-7-11-21/h4-18H,3H2,1-2H3,(H-,25,27,28)/p+1/t18-/m0/s1. The van der Waals surface area contributed by atoms with Crippen LogP contribution in [0.25, 0.3) is 11.5 Å². The summed E-state index contributed by atoms with van der Waals surface area (Å²) in [5.41, 5.74) is 3.41. The number of nitrogens with zero attached hydrogens (tertiary/aromatic N) is 1. The molecule has 0 aliphatic heterocycles. The van der Waals surface area contributed by atoms with Crippen LogP contribution < -0.4 is 9.88 Å². The molecule has 142 valence electrons. The molecule has 0 fully saturated rings. The number of aliphatic hydroxyl groups excluding tert-OH is 1. The smallest absolute Gasteiger partial charge is 0.288 e. The molecule has 2 N–H and O–H groups in total. The number of nitrogens with one attached hydrogen (secondary N) is 1. The lowest BCUT2D eigenvalue weighted by molar-refractivity contribution is -0.575. The summed E-state index contributed by atoms with van der Waals surface area (Å²) in [5.74, 6) is 0.629. The molecular weight excluding hydrogens is 364 g/mol. The van der Waals surface area contributed by atoms with E-state index in [9.17, 15) is 5.11 Å². The van der Waals surface area contributed by atoms with Gasteiger partial charge in [-0.2, -0.15) is 4.57 Å². The van der Waals surface area contributed by atoms with Gasteiger partial charge in [0.15, 0.2) is 23.1 Å². The third kappa shape index (κ3) is 4.65. The highest BCUT2D eigenvalue weighted by atomic mass is 32.1. The van der Waals surface area contributed by atoms with Gasteiger partial charge in [0, 0.05) is 23.4 Å². The average molecular weight is 390 g/mol. The Hall–Kier alpha value is -2.98. The third-order valence-electron chi connectivity index (χ3n) is 4.81. The number of aromatic nitrogens is 1. The van der Waals surface area contributed by atoms with Gasteiger partial charge in [0.25, 0.3) is 5.70 Å². The summed E-state index contributed by atoms with van der Waals surface area (Å²) in [5, 5.41) is 14.3. The average Bonchev–Trinajstić information content (AvgIpc) is 2.75. The number of rotatable bonds is 6. The third-order valence-corrected chi connectivity index (χ3v) is 5.11. The minimum Gasteiger partial charge on any atom is -0.502 e. The van der Waals surface area contributed by atoms with Gasteiger partial charge in [-0.1, -0.05) is 74.6 Å². The number of para-hydroxylation sites is 1. The summed E-state index contributed by atoms with van der Waals surface area (Å²) in [7, 11) is 0. The second-order valence-electron chi connectivity index (χ2n) is 6.73. The number of hydrogen-bond acceptors (Lipinski definition) is 2. The molecule has 3 aromatic rings. The molecule has 3 nitrogen and oxygen atoms in total. The van der Waals surface area contributed by atoms with E-state index in [1.165, 1.54) is 5.56 Å². The number of aliphatic hydroxyl groups is 1. The molecule has 0 saturated heterocycles. The molecule has 0 saturated carbocycles. The topological polar surface area (TPSA) is 36.1 Å². The van der Waals surface area contributed by atoms with Gasteiger partial charge in [0.1, 0.15) is 0 Å². The molecule has 0 radical (unpaired) electrons. The van der Waals surface area contributed by atoms with Crippen molar-refractivity contribution in [3.63, 3.8) is 0 Å². The maximum Gasteiger partial charge on any atom is 0.288 e. The van der Waals surface area contributed by atoms with Crippen LogP contribution >= 0.6 is 12.2 Å². The first-order chi connectivity index (χ1) is 13.6. The van der Waals surface area contributed by atoms with Gasteiger partial charge in [-0.05, 0) is 30.0 Å². The van der Waals surface area contributed by atoms with E-state index in [0.29, 0.717) is 16.6 Å². The highest BCUT2D eigenvalue weighted by Crippen LogP contribution is 2.23. The van der Waals surface area contributed by atoms with Gasteiger partial charge in [0.2, 0.25) is 0 Å². The number of hydrogen-bond donors (Lipinski definition) is 2. The van der Waals surface area contributed by atoms with Crippen LogP contribution in [-0.2, 0) is 0 Å². The van der Waals surface area contributed by atoms with E-state index in [1.807, 2.05) is 77.6 Å². The SMILES string of the molecule is CC[C@H](C)c1ccc(C(O)=C(C(=S)Nc2ccccc2)[n+]2ccccc2)cc1. The Balaban J connectivity index is 2.01. The van der Waals surface area contributed by atoms with Crippen molar-refractivity contribution < 1.29 is 9.67 Å². The minimum absolute atomic E-state index is 0.139. The molecule has 2 aromatic carbocycles. The predicted octanol–water partition coefficient (Wildman–Crippen LogP) is 5.81. The van der Waals surface area contributed by atoms with Crippen LogP contribution in [0.5, 0.6) is 0 Å². The molecule has 0 aliphatic carbocycles. The Morgan fingerprint density at radius 3 is 2.18 bits per heavy atom. The normalized spacial score (nSPS) is 12.8. The van der Waals surface area contributed by atoms with E-state index in [2.05, 4.69) is 31.3 Å². The van der Waals surface area contributed by atoms with Gasteiger partial charge >= 0.3 is 0 Å². The lowest BCUT2D eigenvalue weighted by atomic mass is 9.97. The number of thiocarbonyl (C=S) groups is 1. The Morgan fingerprint density at radius 2 is 1.57 bits per heavy atom. The molecule has 1 atom stereocenters. The van der Waals surface area contributed by atoms with Gasteiger partial charge in [-0.15, -0.1) is 0 Å². The Labute approximate surface area is 172 Å². The highest BCUT2D eigenvalue weighted by molar-refractivity contribution is 7.81. The van der Waals surface area contributed by atoms with Crippen LogP contribution in [0.15, 0.2) is 85.2 Å². The van der Waals surface area contributed by atoms with Crippen molar-refractivity contribution in [1.29, 1.82) is 0 Å². The predicted molar refractivity (Wildman–Crippen MR) is 120 cm³/mol. The van der Waals surface area contributed by atoms with Crippen molar-refractivity contribution in [2.75, 3.05) is 5.32 Å². The largest absolute Gasteiger partial charge is 0.502 e. The van der Waals surface area contributed by atoms with E-state index < -0.39 is 0 Å². The van der Waals surface area contributed by atoms with Crippen molar-refractivity contribution >= 4 is 34.3 Å². The lowest BCUT2D eigenvalue weighted by Crippen LogP contribution is -2.38. The second-order valence-corrected chi connectivity index (χ2v) is 7.14. The summed E-state index contributed by atoms with van der Waals surface area (Å²) in [4.78, 5) is 0.450. The number of anilines is 1. The molecule has 1 heterocycles. The van der Waals surface area contributed by atoms with E-state index in [0.717, 1.165) is 17.7 Å². The summed E-state index contributed by atoms with van der Waals surface area (Å²) in [6, 6.07) is 23.5. The maximum atomic E-state index is 11.1. The van der Waals surface area contributed by atoms with Crippen LogP contribution in [-0.4, -0.2) is 10.1 Å². The van der Waals surface area contributed by atoms with E-state index >= 15 is 0 Å². The maximum absolute atomic E-state index is 11.1. The van der Waals surface area contributed by atoms with E-state index in [4.69, 9.17) is 12.2 Å². The summed E-state index contributed by atoms with van der Waals surface area (Å²) in [6.07, 6.45) is 4.83. The van der Waals surface area contributed by atoms with Crippen LogP contribution in [0.4, 0.5) is 5.69 Å². The molecular formula is C24H25N2OS+. The fourth-order valence-electron chi connectivity index (χ4n) is 2.95. The summed E-state index contributed by atoms with van der Waals surface area (Å²) >= 11 is 5.65. The molecule has 0 bridgehead atoms. The van der Waals surface area contributed by atoms with Crippen LogP contribution in [0.1, 0.15) is 37.3 Å². The van der Waals surface area contributed by atoms with Crippen LogP contribution in [0.3, 0.4) is 0 Å². The minimum atomic E-state index is 0.139. The molecule has 0 spiro atoms. The molecule has 28 heavy (non-hydrogen) atoms. The first-order valence-corrected chi connectivity index (χ1v) is 9.87. The zero-order valence-electron chi connectivity index (χ0n) is 16.2. The van der Waals surface area contributed by atoms with Gasteiger partial charge < -0.3 is 10.4 Å². The lowest BCUT2D eigenvalue weighted by Gasteiger charge is -2.12. The van der Waals surface area contributed by atoms with Crippen molar-refractivity contribution in [2.24, 2.45) is 0 Å². The molecule has 0 aliphatic rings. The molecule has 1 aromatic heterocycles. The summed E-state index contributed by atoms with van der Waals surface area (Å²) < 4.78 is 1.83. The first-order valence-electron chi connectivity index (χ1n) is 9.46. The van der Waals surface area contributed by atoms with Crippen molar-refractivity contribution in [3.05, 3.63) is 96.3 Å². The zero-order valence-corrected chi connectivity index (χ0v) is 17.0. The Morgan fingerprint density at radius 1 is 0.964 bits per heavy atom.